The van der Waals surface area contributed by atoms with Gasteiger partial charge in [0.1, 0.15) is 4.64 Å². The number of alkyl halides is 3. The van der Waals surface area contributed by atoms with E-state index >= 15 is 0 Å². The second-order valence-electron chi connectivity index (χ2n) is 4.41. The number of pyridine rings is 1. The number of fused-ring (bicyclic) bond motifs is 1. The Balaban J connectivity index is 2.21. The van der Waals surface area contributed by atoms with E-state index in [0.717, 1.165) is 12.1 Å². The highest BCUT2D eigenvalue weighted by molar-refractivity contribution is 7.71. The zero-order valence-electron chi connectivity index (χ0n) is 10.3. The molecule has 2 nitrogen and oxygen atoms in total. The second kappa shape index (κ2) is 4.70. The van der Waals surface area contributed by atoms with Gasteiger partial charge < -0.3 is 9.40 Å². The van der Waals surface area contributed by atoms with Crippen LogP contribution in [-0.4, -0.2) is 4.98 Å². The lowest BCUT2D eigenvalue weighted by Gasteiger charge is -2.07. The van der Waals surface area contributed by atoms with Crippen molar-refractivity contribution in [2.45, 2.75) is 6.18 Å². The maximum Gasteiger partial charge on any atom is 0.416 e. The first kappa shape index (κ1) is 13.8. The van der Waals surface area contributed by atoms with Crippen LogP contribution in [0.25, 0.3) is 22.4 Å². The Morgan fingerprint density at radius 1 is 1.10 bits per heavy atom. The highest BCUT2D eigenvalue weighted by atomic mass is 32.1. The summed E-state index contributed by atoms with van der Waals surface area (Å²) in [4.78, 5) is 2.62. The molecule has 0 fully saturated rings. The minimum Gasteiger partial charge on any atom is -0.451 e. The standard InChI is InChI=1S/C14H7F4NOS/c15-9-3-1-2-7-4-11(20-13(7)9)10-5-8(14(16,17)18)6-12(21)19-10/h1-6H,(H,19,21). The van der Waals surface area contributed by atoms with Crippen molar-refractivity contribution in [3.8, 4) is 11.5 Å². The summed E-state index contributed by atoms with van der Waals surface area (Å²) < 4.78 is 57.1. The summed E-state index contributed by atoms with van der Waals surface area (Å²) in [6.07, 6.45) is -4.52. The molecule has 108 valence electrons. The molecule has 2 heterocycles. The first-order valence-electron chi connectivity index (χ1n) is 5.84. The van der Waals surface area contributed by atoms with E-state index in [0.29, 0.717) is 5.39 Å². The monoisotopic (exact) mass is 313 g/mol. The maximum absolute atomic E-state index is 13.6. The molecule has 3 rings (SSSR count). The summed E-state index contributed by atoms with van der Waals surface area (Å²) in [5, 5.41) is 0.460. The van der Waals surface area contributed by atoms with Gasteiger partial charge >= 0.3 is 6.18 Å². The fraction of sp³-hybridized carbons (Fsp3) is 0.0714. The van der Waals surface area contributed by atoms with Crippen LogP contribution in [0.3, 0.4) is 0 Å². The van der Waals surface area contributed by atoms with Crippen LogP contribution in [0.15, 0.2) is 40.8 Å². The quantitative estimate of drug-likeness (QED) is 0.487. The van der Waals surface area contributed by atoms with Crippen molar-refractivity contribution in [1.29, 1.82) is 0 Å². The lowest BCUT2D eigenvalue weighted by molar-refractivity contribution is -0.137. The largest absolute Gasteiger partial charge is 0.451 e. The summed E-state index contributed by atoms with van der Waals surface area (Å²) in [5.74, 6) is -0.489. The van der Waals surface area contributed by atoms with Crippen LogP contribution in [0.5, 0.6) is 0 Å². The van der Waals surface area contributed by atoms with Crippen LogP contribution in [0, 0.1) is 10.5 Å². The van der Waals surface area contributed by atoms with Gasteiger partial charge in [-0.3, -0.25) is 0 Å². The van der Waals surface area contributed by atoms with Gasteiger partial charge in [0.2, 0.25) is 0 Å². The van der Waals surface area contributed by atoms with Crippen molar-refractivity contribution in [1.82, 2.24) is 4.98 Å². The molecule has 21 heavy (non-hydrogen) atoms. The minimum atomic E-state index is -4.52. The smallest absolute Gasteiger partial charge is 0.416 e. The summed E-state index contributed by atoms with van der Waals surface area (Å²) in [7, 11) is 0. The van der Waals surface area contributed by atoms with Crippen molar-refractivity contribution < 1.29 is 22.0 Å². The molecule has 0 amide bonds. The van der Waals surface area contributed by atoms with Gasteiger partial charge in [0.25, 0.3) is 0 Å². The van der Waals surface area contributed by atoms with Crippen molar-refractivity contribution in [3.05, 3.63) is 52.4 Å². The normalized spacial score (nSPS) is 12.0. The summed E-state index contributed by atoms with van der Waals surface area (Å²) in [6, 6.07) is 7.47. The van der Waals surface area contributed by atoms with Crippen molar-refractivity contribution in [3.63, 3.8) is 0 Å². The third-order valence-corrected chi connectivity index (χ3v) is 3.15. The van der Waals surface area contributed by atoms with E-state index in [1.165, 1.54) is 18.2 Å². The number of halogens is 4. The van der Waals surface area contributed by atoms with Gasteiger partial charge in [-0.05, 0) is 24.3 Å². The third kappa shape index (κ3) is 2.56. The first-order chi connectivity index (χ1) is 9.84. The molecule has 0 aliphatic carbocycles. The van der Waals surface area contributed by atoms with Gasteiger partial charge in [-0.25, -0.2) is 4.39 Å². The van der Waals surface area contributed by atoms with E-state index in [1.807, 2.05) is 0 Å². The molecule has 3 aromatic rings. The molecule has 2 aromatic heterocycles. The minimum absolute atomic E-state index is 0.00997. The van der Waals surface area contributed by atoms with Crippen LogP contribution < -0.4 is 0 Å². The highest BCUT2D eigenvalue weighted by Crippen LogP contribution is 2.33. The molecule has 0 unspecified atom stereocenters. The molecule has 1 aromatic carbocycles. The average Bonchev–Trinajstić information content (AvgIpc) is 2.82. The zero-order chi connectivity index (χ0) is 15.2. The number of rotatable bonds is 1. The van der Waals surface area contributed by atoms with Crippen LogP contribution >= 0.6 is 12.2 Å². The average molecular weight is 313 g/mol. The molecule has 0 atom stereocenters. The SMILES string of the molecule is Fc1cccc2cc(-c3cc(C(F)(F)F)cc(=S)[nH]3)oc12. The first-order valence-corrected chi connectivity index (χ1v) is 6.25. The fourth-order valence-corrected chi connectivity index (χ4v) is 2.24. The number of H-pyrrole nitrogens is 1. The van der Waals surface area contributed by atoms with E-state index in [-0.39, 0.29) is 21.7 Å². The van der Waals surface area contributed by atoms with Gasteiger partial charge in [0.05, 0.1) is 11.3 Å². The Bertz CT molecular complexity index is 879. The van der Waals surface area contributed by atoms with Gasteiger partial charge in [-0.1, -0.05) is 24.4 Å². The van der Waals surface area contributed by atoms with Gasteiger partial charge in [0, 0.05) is 5.39 Å². The van der Waals surface area contributed by atoms with E-state index < -0.39 is 17.6 Å². The third-order valence-electron chi connectivity index (χ3n) is 2.93. The van der Waals surface area contributed by atoms with E-state index in [4.69, 9.17) is 16.6 Å². The number of hydrogen-bond acceptors (Lipinski definition) is 2. The molecular weight excluding hydrogens is 306 g/mol. The van der Waals surface area contributed by atoms with E-state index in [1.54, 1.807) is 6.07 Å². The molecular formula is C14H7F4NOS. The molecule has 0 radical (unpaired) electrons. The van der Waals surface area contributed by atoms with Crippen molar-refractivity contribution in [2.24, 2.45) is 0 Å². The maximum atomic E-state index is 13.6. The molecule has 0 saturated carbocycles. The molecule has 0 spiro atoms. The fourth-order valence-electron chi connectivity index (χ4n) is 2.00. The molecule has 0 saturated heterocycles. The Hall–Kier alpha value is -2.15. The highest BCUT2D eigenvalue weighted by Gasteiger charge is 2.31. The Morgan fingerprint density at radius 2 is 1.86 bits per heavy atom. The predicted molar refractivity (Wildman–Crippen MR) is 71.8 cm³/mol. The molecule has 0 aliphatic heterocycles. The summed E-state index contributed by atoms with van der Waals surface area (Å²) in [6.45, 7) is 0. The topological polar surface area (TPSA) is 28.9 Å². The van der Waals surface area contributed by atoms with E-state index in [2.05, 4.69) is 4.98 Å². The van der Waals surface area contributed by atoms with Crippen LogP contribution in [0.4, 0.5) is 17.6 Å². The molecule has 7 heteroatoms. The Kier molecular flexibility index (Phi) is 3.09. The lowest BCUT2D eigenvalue weighted by atomic mass is 10.2. The van der Waals surface area contributed by atoms with Crippen LogP contribution in [-0.2, 0) is 6.18 Å². The van der Waals surface area contributed by atoms with Gasteiger partial charge in [-0.15, -0.1) is 0 Å². The number of benzene rings is 1. The number of para-hydroxylation sites is 1. The lowest BCUT2D eigenvalue weighted by Crippen LogP contribution is -2.05. The number of furan rings is 1. The molecule has 0 aliphatic rings. The Morgan fingerprint density at radius 3 is 2.52 bits per heavy atom. The molecule has 1 N–H and O–H groups in total. The number of aromatic amines is 1. The van der Waals surface area contributed by atoms with Crippen molar-refractivity contribution >= 4 is 23.2 Å². The van der Waals surface area contributed by atoms with Crippen LogP contribution in [0.1, 0.15) is 5.56 Å². The van der Waals surface area contributed by atoms with E-state index in [9.17, 15) is 17.6 Å². The number of aromatic nitrogens is 1. The number of nitrogens with one attached hydrogen (secondary N) is 1. The summed E-state index contributed by atoms with van der Waals surface area (Å²) >= 11 is 4.79. The van der Waals surface area contributed by atoms with Gasteiger partial charge in [-0.2, -0.15) is 13.2 Å². The second-order valence-corrected chi connectivity index (χ2v) is 4.85. The van der Waals surface area contributed by atoms with Gasteiger partial charge in [0.15, 0.2) is 17.2 Å². The molecule has 0 bridgehead atoms. The number of hydrogen-bond donors (Lipinski definition) is 1. The predicted octanol–water partition coefficient (Wildman–Crippen LogP) is 5.32. The van der Waals surface area contributed by atoms with Crippen molar-refractivity contribution in [2.75, 3.05) is 0 Å². The Labute approximate surface area is 121 Å². The zero-order valence-corrected chi connectivity index (χ0v) is 11.1. The van der Waals surface area contributed by atoms with Crippen LogP contribution in [0.2, 0.25) is 0 Å². The summed E-state index contributed by atoms with van der Waals surface area (Å²) in [5.41, 5.74) is -0.850.